The van der Waals surface area contributed by atoms with Crippen LogP contribution in [0.1, 0.15) is 35.1 Å². The van der Waals surface area contributed by atoms with Gasteiger partial charge in [-0.2, -0.15) is 0 Å². The van der Waals surface area contributed by atoms with Crippen molar-refractivity contribution in [2.45, 2.75) is 18.3 Å². The molecule has 0 radical (unpaired) electrons. The van der Waals surface area contributed by atoms with Crippen molar-refractivity contribution in [3.8, 4) is 67.5 Å². The van der Waals surface area contributed by atoms with Crippen molar-refractivity contribution in [2.75, 3.05) is 4.90 Å². The lowest BCUT2D eigenvalue weighted by Crippen LogP contribution is -2.26. The summed E-state index contributed by atoms with van der Waals surface area (Å²) in [6, 6.07) is 76.2. The molecule has 3 heteroatoms. The van der Waals surface area contributed by atoms with Crippen LogP contribution in [0.3, 0.4) is 0 Å². The largest absolute Gasteiger partial charge is 0.449 e. The van der Waals surface area contributed by atoms with Crippen LogP contribution in [-0.4, -0.2) is 0 Å². The third-order valence-corrected chi connectivity index (χ3v) is 13.6. The molecule has 0 bridgehead atoms. The van der Waals surface area contributed by atoms with Crippen molar-refractivity contribution in [3.63, 3.8) is 0 Å². The molecule has 1 spiro atoms. The summed E-state index contributed by atoms with van der Waals surface area (Å²) in [4.78, 5) is 2.34. The van der Waals surface area contributed by atoms with Crippen LogP contribution in [0.25, 0.3) is 50.1 Å². The van der Waals surface area contributed by atoms with Crippen LogP contribution in [-0.2, 0) is 5.41 Å². The predicted molar refractivity (Wildman–Crippen MR) is 261 cm³/mol. The van der Waals surface area contributed by atoms with Crippen LogP contribution in [0.15, 0.2) is 230 Å². The molecule has 1 atom stereocenters. The molecule has 302 valence electrons. The summed E-state index contributed by atoms with van der Waals surface area (Å²) in [5.41, 5.74) is 20.0. The van der Waals surface area contributed by atoms with Gasteiger partial charge in [-0.25, -0.2) is 0 Å². The lowest BCUT2D eigenvalue weighted by Gasteiger charge is -2.32. The van der Waals surface area contributed by atoms with Crippen molar-refractivity contribution in [3.05, 3.63) is 252 Å². The fourth-order valence-corrected chi connectivity index (χ4v) is 10.8. The van der Waals surface area contributed by atoms with Gasteiger partial charge in [-0.1, -0.05) is 176 Å². The average molecular weight is 820 g/mol. The molecule has 1 heterocycles. The van der Waals surface area contributed by atoms with Crippen molar-refractivity contribution >= 4 is 22.6 Å². The summed E-state index contributed by atoms with van der Waals surface area (Å²) in [5, 5.41) is 0. The quantitative estimate of drug-likeness (QED) is 0.167. The molecule has 0 saturated heterocycles. The Balaban J connectivity index is 0.935. The highest BCUT2D eigenvalue weighted by molar-refractivity contribution is 6.01. The highest BCUT2D eigenvalue weighted by Gasteiger charge is 2.54. The highest BCUT2D eigenvalue weighted by atomic mass is 16.6. The van der Waals surface area contributed by atoms with Crippen LogP contribution in [0.5, 0.6) is 23.0 Å². The summed E-state index contributed by atoms with van der Waals surface area (Å²) in [5.74, 6) is 2.81. The van der Waals surface area contributed by atoms with E-state index in [1.54, 1.807) is 0 Å². The summed E-state index contributed by atoms with van der Waals surface area (Å²) >= 11 is 0. The van der Waals surface area contributed by atoms with Crippen LogP contribution in [0.4, 0.5) is 17.1 Å². The van der Waals surface area contributed by atoms with Crippen molar-refractivity contribution in [1.82, 2.24) is 0 Å². The molecule has 4 aliphatic rings. The molecule has 0 N–H and O–H groups in total. The van der Waals surface area contributed by atoms with E-state index in [9.17, 15) is 0 Å². The van der Waals surface area contributed by atoms with Crippen LogP contribution in [0.2, 0.25) is 0 Å². The zero-order valence-corrected chi connectivity index (χ0v) is 35.0. The molecule has 1 aliphatic heterocycles. The van der Waals surface area contributed by atoms with Gasteiger partial charge in [0.05, 0.1) is 16.8 Å². The summed E-state index contributed by atoms with van der Waals surface area (Å²) in [6.07, 6.45) is 7.01. The van der Waals surface area contributed by atoms with E-state index in [0.717, 1.165) is 63.7 Å². The molecule has 0 fully saturated rings. The zero-order valence-electron chi connectivity index (χ0n) is 35.0. The third-order valence-electron chi connectivity index (χ3n) is 13.6. The van der Waals surface area contributed by atoms with E-state index in [-0.39, 0.29) is 0 Å². The molecule has 3 nitrogen and oxygen atoms in total. The minimum atomic E-state index is -0.430. The molecule has 13 rings (SSSR count). The number of anilines is 3. The second kappa shape index (κ2) is 14.5. The predicted octanol–water partition coefficient (Wildman–Crippen LogP) is 16.5. The Morgan fingerprint density at radius 2 is 0.906 bits per heavy atom. The number of para-hydroxylation sites is 1. The molecule has 9 aromatic rings. The Morgan fingerprint density at radius 3 is 1.70 bits per heavy atom. The van der Waals surface area contributed by atoms with E-state index in [2.05, 4.69) is 229 Å². The van der Waals surface area contributed by atoms with E-state index < -0.39 is 5.41 Å². The number of hydrogen-bond donors (Lipinski definition) is 0. The number of nitrogens with zero attached hydrogens (tertiary/aromatic N) is 1. The topological polar surface area (TPSA) is 21.7 Å². The molecular formula is C61H41NO2. The average Bonchev–Trinajstić information content (AvgIpc) is 3.83. The van der Waals surface area contributed by atoms with E-state index in [4.69, 9.17) is 9.47 Å². The maximum Gasteiger partial charge on any atom is 0.172 e. The minimum absolute atomic E-state index is 0.430. The number of hydrogen-bond acceptors (Lipinski definition) is 3. The van der Waals surface area contributed by atoms with Crippen molar-refractivity contribution in [2.24, 2.45) is 0 Å². The molecule has 3 aliphatic carbocycles. The lowest BCUT2D eigenvalue weighted by molar-refractivity contribution is 0.359. The fraction of sp³-hybridized carbons (Fsp3) is 0.0492. The van der Waals surface area contributed by atoms with Crippen molar-refractivity contribution < 1.29 is 9.47 Å². The molecule has 0 aromatic heterocycles. The Morgan fingerprint density at radius 1 is 0.344 bits per heavy atom. The van der Waals surface area contributed by atoms with E-state index in [0.29, 0.717) is 11.5 Å². The number of benzene rings is 9. The summed E-state index contributed by atoms with van der Waals surface area (Å²) < 4.78 is 13.9. The fourth-order valence-electron chi connectivity index (χ4n) is 10.8. The van der Waals surface area contributed by atoms with Gasteiger partial charge in [0.15, 0.2) is 23.0 Å². The number of ether oxygens (including phenoxy) is 2. The zero-order chi connectivity index (χ0) is 42.2. The van der Waals surface area contributed by atoms with Gasteiger partial charge in [0, 0.05) is 17.3 Å². The van der Waals surface area contributed by atoms with Crippen molar-refractivity contribution in [1.29, 1.82) is 0 Å². The first-order valence-corrected chi connectivity index (χ1v) is 22.2. The van der Waals surface area contributed by atoms with Gasteiger partial charge in [-0.15, -0.1) is 0 Å². The van der Waals surface area contributed by atoms with Crippen LogP contribution in [0, 0.1) is 0 Å². The third kappa shape index (κ3) is 5.54. The lowest BCUT2D eigenvalue weighted by atomic mass is 9.69. The Bertz CT molecular complexity index is 3380. The van der Waals surface area contributed by atoms with Gasteiger partial charge >= 0.3 is 0 Å². The van der Waals surface area contributed by atoms with Gasteiger partial charge < -0.3 is 14.4 Å². The Labute approximate surface area is 373 Å². The maximum absolute atomic E-state index is 7.06. The van der Waals surface area contributed by atoms with Gasteiger partial charge in [0.25, 0.3) is 0 Å². The van der Waals surface area contributed by atoms with E-state index in [1.165, 1.54) is 55.7 Å². The monoisotopic (exact) mass is 819 g/mol. The standard InChI is InChI=1S/C61H41NO2/c1-3-16-40(17-4-1)41-30-32-42(33-31-41)44-20-15-21-45(36-44)62(56-29-14-10-22-47(56)43-18-5-2-6-19-43)46-34-35-57-58(37-46)64-60-39-55-51(38-59(60)63-57)50-25-9-13-28-54(50)61(55)52-26-11-7-23-48(52)49-24-8-12-27-53(49)61/h1-7,9-11,13-39H,8,12H2. The number of rotatable bonds is 6. The second-order valence-electron chi connectivity index (χ2n) is 17.0. The minimum Gasteiger partial charge on any atom is -0.449 e. The summed E-state index contributed by atoms with van der Waals surface area (Å²) in [6.45, 7) is 0. The van der Waals surface area contributed by atoms with Gasteiger partial charge in [-0.3, -0.25) is 0 Å². The van der Waals surface area contributed by atoms with Crippen LogP contribution >= 0.6 is 0 Å². The Hall–Kier alpha value is -8.14. The molecule has 0 saturated carbocycles. The first kappa shape index (κ1) is 36.5. The first-order chi connectivity index (χ1) is 31.7. The Kier molecular flexibility index (Phi) is 8.26. The first-order valence-electron chi connectivity index (χ1n) is 22.2. The SMILES string of the molecule is C1=C2C(=CCC1)C1(c3ccccc32)c2ccccc2-c2cc3c(cc21)Oc1cc(N(c2cccc(-c4ccc(-c5ccccc5)cc4)c2)c2ccccc2-c2ccccc2)ccc1O3. The van der Waals surface area contributed by atoms with E-state index in [1.807, 2.05) is 0 Å². The van der Waals surface area contributed by atoms with Gasteiger partial charge in [0.1, 0.15) is 0 Å². The molecule has 64 heavy (non-hydrogen) atoms. The van der Waals surface area contributed by atoms with Gasteiger partial charge in [-0.05, 0) is 128 Å². The number of fused-ring (bicyclic) bond motifs is 12. The molecule has 0 amide bonds. The van der Waals surface area contributed by atoms with E-state index >= 15 is 0 Å². The molecule has 1 unspecified atom stereocenters. The summed E-state index contributed by atoms with van der Waals surface area (Å²) in [7, 11) is 0. The smallest absolute Gasteiger partial charge is 0.172 e. The maximum atomic E-state index is 7.06. The highest BCUT2D eigenvalue weighted by Crippen LogP contribution is 2.66. The van der Waals surface area contributed by atoms with Gasteiger partial charge in [0.2, 0.25) is 0 Å². The normalized spacial score (nSPS) is 15.9. The molecular weight excluding hydrogens is 779 g/mol. The molecule has 9 aromatic carbocycles. The number of allylic oxidation sites excluding steroid dienone is 4. The second-order valence-corrected chi connectivity index (χ2v) is 17.0. The van der Waals surface area contributed by atoms with Crippen LogP contribution < -0.4 is 14.4 Å².